The van der Waals surface area contributed by atoms with Crippen LogP contribution >= 0.6 is 0 Å². The van der Waals surface area contributed by atoms with Crippen LogP contribution in [0.5, 0.6) is 0 Å². The van der Waals surface area contributed by atoms with Crippen LogP contribution in [-0.2, 0) is 19.1 Å². The second-order valence-electron chi connectivity index (χ2n) is 9.13. The van der Waals surface area contributed by atoms with Crippen LogP contribution in [0, 0.1) is 23.7 Å². The smallest absolute Gasteiger partial charge is 0.309 e. The molecular formula is C23H38O4. The average molecular weight is 379 g/mol. The Hall–Kier alpha value is -1.06. The third kappa shape index (κ3) is 5.48. The maximum atomic E-state index is 12.6. The molecule has 2 saturated carbocycles. The minimum absolute atomic E-state index is 0.00275. The van der Waals surface area contributed by atoms with Crippen molar-refractivity contribution < 1.29 is 19.1 Å². The van der Waals surface area contributed by atoms with E-state index in [1.165, 1.54) is 25.7 Å². The van der Waals surface area contributed by atoms with Crippen LogP contribution in [0.2, 0.25) is 0 Å². The lowest BCUT2D eigenvalue weighted by Gasteiger charge is -2.36. The first-order chi connectivity index (χ1) is 13.1. The zero-order chi connectivity index (χ0) is 19.2. The molecule has 1 heterocycles. The van der Waals surface area contributed by atoms with Gasteiger partial charge in [-0.05, 0) is 82.5 Å². The monoisotopic (exact) mass is 378 g/mol. The highest BCUT2D eigenvalue weighted by atomic mass is 16.5. The fraction of sp³-hybridized carbons (Fsp3) is 0.913. The molecule has 1 saturated heterocycles. The van der Waals surface area contributed by atoms with Crippen LogP contribution in [0.3, 0.4) is 0 Å². The van der Waals surface area contributed by atoms with Crippen LogP contribution in [0.1, 0.15) is 97.3 Å². The van der Waals surface area contributed by atoms with Crippen molar-refractivity contribution in [2.45, 2.75) is 110 Å². The second kappa shape index (κ2) is 9.93. The lowest BCUT2D eigenvalue weighted by molar-refractivity contribution is -0.164. The summed E-state index contributed by atoms with van der Waals surface area (Å²) < 4.78 is 11.4. The van der Waals surface area contributed by atoms with Crippen LogP contribution in [0.4, 0.5) is 0 Å². The molecule has 4 heteroatoms. The van der Waals surface area contributed by atoms with Crippen molar-refractivity contribution in [1.82, 2.24) is 0 Å². The first-order valence-electron chi connectivity index (χ1n) is 11.5. The van der Waals surface area contributed by atoms with Gasteiger partial charge in [0.1, 0.15) is 12.2 Å². The van der Waals surface area contributed by atoms with Gasteiger partial charge >= 0.3 is 11.9 Å². The fourth-order valence-electron chi connectivity index (χ4n) is 5.47. The van der Waals surface area contributed by atoms with E-state index in [1.807, 2.05) is 0 Å². The van der Waals surface area contributed by atoms with Gasteiger partial charge in [-0.2, -0.15) is 0 Å². The largest absolute Gasteiger partial charge is 0.462 e. The maximum Gasteiger partial charge on any atom is 0.309 e. The molecule has 0 aromatic heterocycles. The van der Waals surface area contributed by atoms with Crippen molar-refractivity contribution >= 4 is 11.9 Å². The second-order valence-corrected chi connectivity index (χ2v) is 9.13. The van der Waals surface area contributed by atoms with Crippen molar-refractivity contribution in [2.75, 3.05) is 0 Å². The average Bonchev–Trinajstić information content (AvgIpc) is 2.69. The van der Waals surface area contributed by atoms with Gasteiger partial charge < -0.3 is 9.47 Å². The summed E-state index contributed by atoms with van der Waals surface area (Å²) in [4.78, 5) is 24.9. The molecule has 0 aromatic carbocycles. The van der Waals surface area contributed by atoms with Crippen molar-refractivity contribution in [3.8, 4) is 0 Å². The molecule has 0 bridgehead atoms. The van der Waals surface area contributed by atoms with Crippen LogP contribution in [0.25, 0.3) is 0 Å². The summed E-state index contributed by atoms with van der Waals surface area (Å²) in [6.07, 6.45) is 13.9. The van der Waals surface area contributed by atoms with Crippen molar-refractivity contribution in [3.63, 3.8) is 0 Å². The molecule has 3 rings (SSSR count). The van der Waals surface area contributed by atoms with E-state index < -0.39 is 0 Å². The molecule has 1 aliphatic heterocycles. The molecule has 4 nitrogen and oxygen atoms in total. The molecule has 27 heavy (non-hydrogen) atoms. The zero-order valence-electron chi connectivity index (χ0n) is 17.3. The van der Waals surface area contributed by atoms with Gasteiger partial charge in [0.05, 0.1) is 11.8 Å². The Morgan fingerprint density at radius 2 is 1.67 bits per heavy atom. The lowest BCUT2D eigenvalue weighted by Crippen LogP contribution is -2.37. The number of rotatable bonds is 6. The number of hydrogen-bond acceptors (Lipinski definition) is 4. The number of ether oxygens (including phenoxy) is 2. The number of carbonyl (C=O) groups is 2. The van der Waals surface area contributed by atoms with Gasteiger partial charge in [-0.1, -0.05) is 26.7 Å². The number of carbonyl (C=O) groups excluding carboxylic acids is 2. The molecule has 0 spiro atoms. The Kier molecular flexibility index (Phi) is 7.60. The Bertz CT molecular complexity index is 487. The SMILES string of the molecule is CCCC1CCC(OC(=O)C2CCC(C3CCC(CC)OC3=O)CC2)CC1. The maximum absolute atomic E-state index is 12.6. The molecule has 154 valence electrons. The summed E-state index contributed by atoms with van der Waals surface area (Å²) in [5, 5.41) is 0. The fourth-order valence-corrected chi connectivity index (χ4v) is 5.47. The van der Waals surface area contributed by atoms with E-state index in [0.29, 0.717) is 5.92 Å². The van der Waals surface area contributed by atoms with E-state index in [2.05, 4.69) is 13.8 Å². The normalized spacial score (nSPS) is 37.5. The number of esters is 2. The van der Waals surface area contributed by atoms with Crippen LogP contribution in [0.15, 0.2) is 0 Å². The highest BCUT2D eigenvalue weighted by molar-refractivity contribution is 5.74. The lowest BCUT2D eigenvalue weighted by atomic mass is 9.73. The standard InChI is InChI=1S/C23H38O4/c1-3-5-16-6-12-20(13-7-16)27-22(24)18-10-8-17(9-11-18)21-15-14-19(4-2)26-23(21)25/h16-21H,3-15H2,1-2H3. The first-order valence-corrected chi connectivity index (χ1v) is 11.5. The van der Waals surface area contributed by atoms with E-state index in [1.54, 1.807) is 0 Å². The van der Waals surface area contributed by atoms with E-state index in [4.69, 9.17) is 9.47 Å². The third-order valence-electron chi connectivity index (χ3n) is 7.29. The summed E-state index contributed by atoms with van der Waals surface area (Å²) in [6, 6.07) is 0. The van der Waals surface area contributed by atoms with E-state index in [-0.39, 0.29) is 36.0 Å². The molecule has 2 atom stereocenters. The Morgan fingerprint density at radius 3 is 2.26 bits per heavy atom. The molecule has 0 radical (unpaired) electrons. The van der Waals surface area contributed by atoms with Gasteiger partial charge in [0.2, 0.25) is 0 Å². The summed E-state index contributed by atoms with van der Waals surface area (Å²) >= 11 is 0. The van der Waals surface area contributed by atoms with E-state index in [0.717, 1.165) is 63.7 Å². The first kappa shape index (κ1) is 20.7. The molecule has 0 amide bonds. The van der Waals surface area contributed by atoms with Crippen molar-refractivity contribution in [2.24, 2.45) is 23.7 Å². The summed E-state index contributed by atoms with van der Waals surface area (Å²) in [6.45, 7) is 4.32. The van der Waals surface area contributed by atoms with Gasteiger partial charge in [-0.3, -0.25) is 9.59 Å². The Labute approximate surface area is 164 Å². The predicted octanol–water partition coefficient (Wildman–Crippen LogP) is 5.43. The number of cyclic esters (lactones) is 1. The molecule has 2 unspecified atom stereocenters. The summed E-state index contributed by atoms with van der Waals surface area (Å²) in [7, 11) is 0. The molecular weight excluding hydrogens is 340 g/mol. The van der Waals surface area contributed by atoms with Crippen LogP contribution in [-0.4, -0.2) is 24.1 Å². The summed E-state index contributed by atoms with van der Waals surface area (Å²) in [5.41, 5.74) is 0. The zero-order valence-corrected chi connectivity index (χ0v) is 17.3. The molecule has 0 N–H and O–H groups in total. The molecule has 2 aliphatic carbocycles. The molecule has 0 aromatic rings. The minimum atomic E-state index is 0.00275. The Balaban J connectivity index is 1.39. The van der Waals surface area contributed by atoms with Gasteiger partial charge in [0.15, 0.2) is 0 Å². The van der Waals surface area contributed by atoms with Crippen molar-refractivity contribution in [1.29, 1.82) is 0 Å². The van der Waals surface area contributed by atoms with Gasteiger partial charge in [0.25, 0.3) is 0 Å². The van der Waals surface area contributed by atoms with Gasteiger partial charge in [0, 0.05) is 0 Å². The summed E-state index contributed by atoms with van der Waals surface area (Å²) in [5.74, 6) is 1.34. The van der Waals surface area contributed by atoms with E-state index in [9.17, 15) is 9.59 Å². The highest BCUT2D eigenvalue weighted by Crippen LogP contribution is 2.39. The van der Waals surface area contributed by atoms with Crippen LogP contribution < -0.4 is 0 Å². The molecule has 3 aliphatic rings. The Morgan fingerprint density at radius 1 is 0.963 bits per heavy atom. The third-order valence-corrected chi connectivity index (χ3v) is 7.29. The molecule has 3 fully saturated rings. The minimum Gasteiger partial charge on any atom is -0.462 e. The van der Waals surface area contributed by atoms with Gasteiger partial charge in [-0.15, -0.1) is 0 Å². The quantitative estimate of drug-likeness (QED) is 0.579. The van der Waals surface area contributed by atoms with Gasteiger partial charge in [-0.25, -0.2) is 0 Å². The predicted molar refractivity (Wildman–Crippen MR) is 105 cm³/mol. The van der Waals surface area contributed by atoms with Crippen molar-refractivity contribution in [3.05, 3.63) is 0 Å². The van der Waals surface area contributed by atoms with E-state index >= 15 is 0 Å². The number of hydrogen-bond donors (Lipinski definition) is 0. The highest BCUT2D eigenvalue weighted by Gasteiger charge is 2.39. The topological polar surface area (TPSA) is 52.6 Å².